The number of aryl methyl sites for hydroxylation is 5. The lowest BCUT2D eigenvalue weighted by Crippen LogP contribution is -1.97. The maximum atomic E-state index is 6.15. The highest BCUT2D eigenvalue weighted by atomic mass is 16.5. The Balaban J connectivity index is 1.86. The minimum Gasteiger partial charge on any atom is -0.457 e. The zero-order valence-electron chi connectivity index (χ0n) is 17.2. The summed E-state index contributed by atoms with van der Waals surface area (Å²) >= 11 is 0. The van der Waals surface area contributed by atoms with Crippen LogP contribution in [0.2, 0.25) is 0 Å². The molecule has 146 valence electrons. The van der Waals surface area contributed by atoms with Crippen LogP contribution in [0.25, 0.3) is 0 Å². The van der Waals surface area contributed by atoms with Crippen molar-refractivity contribution < 1.29 is 9.47 Å². The standard InChI is InChI=1S/C24H28N2O2/c1-6-18-13-19(27-20-9-14(2)23(25)15(3)10-20)7-8-22(18)28-21-11-16(4)24(26)17(5)12-21/h7-13H,6,25-26H2,1-5H3. The van der Waals surface area contributed by atoms with Crippen LogP contribution in [0.1, 0.15) is 34.7 Å². The summed E-state index contributed by atoms with van der Waals surface area (Å²) < 4.78 is 12.2. The monoisotopic (exact) mass is 376 g/mol. The minimum absolute atomic E-state index is 0.775. The molecule has 0 aliphatic heterocycles. The third kappa shape index (κ3) is 4.06. The van der Waals surface area contributed by atoms with E-state index in [4.69, 9.17) is 20.9 Å². The lowest BCUT2D eigenvalue weighted by atomic mass is 10.1. The van der Waals surface area contributed by atoms with E-state index in [0.29, 0.717) is 0 Å². The molecule has 0 spiro atoms. The zero-order chi connectivity index (χ0) is 20.4. The zero-order valence-corrected chi connectivity index (χ0v) is 17.2. The van der Waals surface area contributed by atoms with Crippen LogP contribution in [-0.4, -0.2) is 0 Å². The van der Waals surface area contributed by atoms with Crippen molar-refractivity contribution in [2.24, 2.45) is 0 Å². The predicted octanol–water partition coefficient (Wildman–Crippen LogP) is 6.23. The first-order valence-electron chi connectivity index (χ1n) is 9.50. The van der Waals surface area contributed by atoms with Crippen LogP contribution in [0.5, 0.6) is 23.0 Å². The molecule has 0 bridgehead atoms. The van der Waals surface area contributed by atoms with Crippen LogP contribution in [-0.2, 0) is 6.42 Å². The van der Waals surface area contributed by atoms with Gasteiger partial charge in [-0.25, -0.2) is 0 Å². The van der Waals surface area contributed by atoms with Crippen LogP contribution < -0.4 is 20.9 Å². The highest BCUT2D eigenvalue weighted by Gasteiger charge is 2.10. The molecule has 0 aliphatic rings. The molecular formula is C24H28N2O2. The summed E-state index contributed by atoms with van der Waals surface area (Å²) in [6.45, 7) is 10.1. The number of benzene rings is 3. The van der Waals surface area contributed by atoms with Crippen LogP contribution in [0.15, 0.2) is 42.5 Å². The van der Waals surface area contributed by atoms with Gasteiger partial charge in [-0.1, -0.05) is 6.92 Å². The van der Waals surface area contributed by atoms with Crippen molar-refractivity contribution in [3.8, 4) is 23.0 Å². The van der Waals surface area contributed by atoms with E-state index in [-0.39, 0.29) is 0 Å². The summed E-state index contributed by atoms with van der Waals surface area (Å²) in [5.41, 5.74) is 18.8. The highest BCUT2D eigenvalue weighted by molar-refractivity contribution is 5.58. The first-order chi connectivity index (χ1) is 13.3. The predicted molar refractivity (Wildman–Crippen MR) is 117 cm³/mol. The van der Waals surface area contributed by atoms with Gasteiger partial charge in [0.1, 0.15) is 23.0 Å². The molecule has 0 radical (unpaired) electrons. The Morgan fingerprint density at radius 3 is 1.57 bits per heavy atom. The topological polar surface area (TPSA) is 70.5 Å². The number of nitrogens with two attached hydrogens (primary N) is 2. The van der Waals surface area contributed by atoms with Gasteiger partial charge >= 0.3 is 0 Å². The molecule has 3 aromatic rings. The number of hydrogen-bond acceptors (Lipinski definition) is 4. The average molecular weight is 377 g/mol. The first-order valence-corrected chi connectivity index (χ1v) is 9.50. The lowest BCUT2D eigenvalue weighted by molar-refractivity contribution is 0.463. The van der Waals surface area contributed by atoms with Crippen LogP contribution in [0.3, 0.4) is 0 Å². The van der Waals surface area contributed by atoms with Crippen molar-refractivity contribution >= 4 is 11.4 Å². The van der Waals surface area contributed by atoms with Gasteiger partial charge in [0.15, 0.2) is 0 Å². The fraction of sp³-hybridized carbons (Fsp3) is 0.250. The third-order valence-electron chi connectivity index (χ3n) is 5.01. The minimum atomic E-state index is 0.775. The quantitative estimate of drug-likeness (QED) is 0.518. The van der Waals surface area contributed by atoms with Crippen LogP contribution in [0, 0.1) is 27.7 Å². The third-order valence-corrected chi connectivity index (χ3v) is 5.01. The molecule has 0 saturated carbocycles. The molecule has 0 heterocycles. The Morgan fingerprint density at radius 2 is 1.11 bits per heavy atom. The van der Waals surface area contributed by atoms with Crippen molar-refractivity contribution in [3.63, 3.8) is 0 Å². The molecule has 0 amide bonds. The maximum Gasteiger partial charge on any atom is 0.130 e. The van der Waals surface area contributed by atoms with E-state index in [1.54, 1.807) is 0 Å². The Morgan fingerprint density at radius 1 is 0.643 bits per heavy atom. The second-order valence-electron chi connectivity index (χ2n) is 7.27. The largest absolute Gasteiger partial charge is 0.457 e. The van der Waals surface area contributed by atoms with Crippen molar-refractivity contribution in [3.05, 3.63) is 70.3 Å². The Bertz CT molecular complexity index is 979. The fourth-order valence-electron chi connectivity index (χ4n) is 3.25. The molecule has 0 unspecified atom stereocenters. The van der Waals surface area contributed by atoms with E-state index in [1.165, 1.54) is 0 Å². The summed E-state index contributed by atoms with van der Waals surface area (Å²) in [7, 11) is 0. The summed E-state index contributed by atoms with van der Waals surface area (Å²) in [5.74, 6) is 3.17. The second kappa shape index (κ2) is 7.85. The number of ether oxygens (including phenoxy) is 2. The number of rotatable bonds is 5. The van der Waals surface area contributed by atoms with Gasteiger partial charge in [-0.05, 0) is 104 Å². The molecule has 0 saturated heterocycles. The second-order valence-corrected chi connectivity index (χ2v) is 7.27. The molecule has 0 aliphatic carbocycles. The average Bonchev–Trinajstić information content (AvgIpc) is 2.65. The molecular weight excluding hydrogens is 348 g/mol. The van der Waals surface area contributed by atoms with E-state index in [0.717, 1.165) is 68.6 Å². The van der Waals surface area contributed by atoms with Gasteiger partial charge in [0.25, 0.3) is 0 Å². The van der Waals surface area contributed by atoms with E-state index in [2.05, 4.69) is 6.92 Å². The van der Waals surface area contributed by atoms with Gasteiger partial charge < -0.3 is 20.9 Å². The van der Waals surface area contributed by atoms with Gasteiger partial charge in [-0.2, -0.15) is 0 Å². The smallest absolute Gasteiger partial charge is 0.130 e. The van der Waals surface area contributed by atoms with Crippen molar-refractivity contribution in [2.75, 3.05) is 11.5 Å². The van der Waals surface area contributed by atoms with Gasteiger partial charge in [0.05, 0.1) is 0 Å². The molecule has 0 aromatic heterocycles. The van der Waals surface area contributed by atoms with E-state index >= 15 is 0 Å². The summed E-state index contributed by atoms with van der Waals surface area (Å²) in [5, 5.41) is 0. The van der Waals surface area contributed by atoms with Gasteiger partial charge in [0.2, 0.25) is 0 Å². The maximum absolute atomic E-state index is 6.15. The van der Waals surface area contributed by atoms with Crippen LogP contribution in [0.4, 0.5) is 11.4 Å². The molecule has 28 heavy (non-hydrogen) atoms. The molecule has 0 fully saturated rings. The number of hydrogen-bond donors (Lipinski definition) is 2. The first kappa shape index (κ1) is 19.6. The molecule has 4 heteroatoms. The molecule has 3 rings (SSSR count). The van der Waals surface area contributed by atoms with E-state index in [9.17, 15) is 0 Å². The summed E-state index contributed by atoms with van der Waals surface area (Å²) in [4.78, 5) is 0. The fourth-order valence-corrected chi connectivity index (χ4v) is 3.25. The van der Waals surface area contributed by atoms with Gasteiger partial charge in [0, 0.05) is 11.4 Å². The van der Waals surface area contributed by atoms with Gasteiger partial charge in [-0.3, -0.25) is 0 Å². The van der Waals surface area contributed by atoms with Crippen molar-refractivity contribution in [1.82, 2.24) is 0 Å². The Labute approximate surface area is 167 Å². The summed E-state index contributed by atoms with van der Waals surface area (Å²) in [6.07, 6.45) is 0.833. The van der Waals surface area contributed by atoms with Crippen molar-refractivity contribution in [1.29, 1.82) is 0 Å². The molecule has 3 aromatic carbocycles. The van der Waals surface area contributed by atoms with E-state index < -0.39 is 0 Å². The summed E-state index contributed by atoms with van der Waals surface area (Å²) in [6, 6.07) is 13.7. The highest BCUT2D eigenvalue weighted by Crippen LogP contribution is 2.34. The lowest BCUT2D eigenvalue weighted by Gasteiger charge is -2.15. The Hall–Kier alpha value is -3.14. The van der Waals surface area contributed by atoms with Gasteiger partial charge in [-0.15, -0.1) is 0 Å². The molecule has 4 N–H and O–H groups in total. The molecule has 4 nitrogen and oxygen atoms in total. The van der Waals surface area contributed by atoms with Crippen LogP contribution >= 0.6 is 0 Å². The number of anilines is 2. The SMILES string of the molecule is CCc1cc(Oc2cc(C)c(N)c(C)c2)ccc1Oc1cc(C)c(N)c(C)c1. The molecule has 0 atom stereocenters. The Kier molecular flexibility index (Phi) is 5.50. The normalized spacial score (nSPS) is 10.8. The van der Waals surface area contributed by atoms with Crippen molar-refractivity contribution in [2.45, 2.75) is 41.0 Å². The van der Waals surface area contributed by atoms with E-state index in [1.807, 2.05) is 70.2 Å². The number of nitrogen functional groups attached to an aromatic ring is 2.